The summed E-state index contributed by atoms with van der Waals surface area (Å²) in [5.74, 6) is 4.06. The first-order valence-corrected chi connectivity index (χ1v) is 9.06. The van der Waals surface area contributed by atoms with Crippen molar-refractivity contribution in [2.24, 2.45) is 5.73 Å². The van der Waals surface area contributed by atoms with Crippen molar-refractivity contribution in [2.75, 3.05) is 25.2 Å². The van der Waals surface area contributed by atoms with Gasteiger partial charge in [-0.15, -0.1) is 0 Å². The molecule has 3 nitrogen and oxygen atoms in total. The fourth-order valence-corrected chi connectivity index (χ4v) is 4.33. The van der Waals surface area contributed by atoms with Gasteiger partial charge in [-0.3, -0.25) is 0 Å². The first-order valence-electron chi connectivity index (χ1n) is 7.90. The molecule has 1 aromatic carbocycles. The van der Waals surface area contributed by atoms with E-state index in [2.05, 4.69) is 12.1 Å². The third-order valence-electron chi connectivity index (χ3n) is 4.89. The molecule has 0 radical (unpaired) electrons. The molecule has 1 saturated heterocycles. The van der Waals surface area contributed by atoms with Gasteiger partial charge in [0.05, 0.1) is 7.11 Å². The average molecular weight is 307 g/mol. The Morgan fingerprint density at radius 3 is 2.71 bits per heavy atom. The van der Waals surface area contributed by atoms with Crippen LogP contribution in [0.3, 0.4) is 0 Å². The number of hydrogen-bond acceptors (Lipinski definition) is 4. The summed E-state index contributed by atoms with van der Waals surface area (Å²) in [6.45, 7) is 0.720. The van der Waals surface area contributed by atoms with E-state index in [0.717, 1.165) is 30.2 Å². The van der Waals surface area contributed by atoms with Gasteiger partial charge in [-0.1, -0.05) is 12.5 Å². The van der Waals surface area contributed by atoms with Gasteiger partial charge in [-0.2, -0.15) is 11.8 Å². The highest BCUT2D eigenvalue weighted by atomic mass is 32.2. The van der Waals surface area contributed by atoms with Crippen LogP contribution in [0.1, 0.15) is 37.7 Å². The van der Waals surface area contributed by atoms with Gasteiger partial charge >= 0.3 is 0 Å². The number of benzene rings is 1. The van der Waals surface area contributed by atoms with Crippen molar-refractivity contribution in [3.05, 3.63) is 23.8 Å². The molecule has 1 aliphatic heterocycles. The monoisotopic (exact) mass is 307 g/mol. The van der Waals surface area contributed by atoms with E-state index in [1.165, 1.54) is 37.0 Å². The molecule has 0 aromatic heterocycles. The molecule has 1 aliphatic carbocycles. The molecule has 0 bridgehead atoms. The summed E-state index contributed by atoms with van der Waals surface area (Å²) >= 11 is 1.98. The number of methoxy groups -OCH3 is 1. The molecule has 3 rings (SSSR count). The Kier molecular flexibility index (Phi) is 4.65. The van der Waals surface area contributed by atoms with E-state index < -0.39 is 0 Å². The Balaban J connectivity index is 1.82. The molecule has 2 fully saturated rings. The third kappa shape index (κ3) is 3.02. The van der Waals surface area contributed by atoms with Crippen LogP contribution in [-0.4, -0.2) is 31.3 Å². The van der Waals surface area contributed by atoms with Gasteiger partial charge < -0.3 is 15.2 Å². The normalized spacial score (nSPS) is 24.2. The lowest BCUT2D eigenvalue weighted by atomic mass is 9.64. The van der Waals surface area contributed by atoms with Crippen LogP contribution in [0.2, 0.25) is 0 Å². The van der Waals surface area contributed by atoms with E-state index in [1.807, 2.05) is 17.8 Å². The Labute approximate surface area is 131 Å². The number of hydrogen-bond donors (Lipinski definition) is 1. The van der Waals surface area contributed by atoms with Crippen LogP contribution in [-0.2, 0) is 5.41 Å². The predicted octanol–water partition coefficient (Wildman–Crippen LogP) is 3.35. The molecule has 1 atom stereocenters. The Hall–Kier alpha value is -0.870. The van der Waals surface area contributed by atoms with Crippen LogP contribution in [0.5, 0.6) is 11.5 Å². The minimum atomic E-state index is 0.172. The van der Waals surface area contributed by atoms with E-state index in [1.54, 1.807) is 7.11 Å². The zero-order valence-electron chi connectivity index (χ0n) is 12.8. The Morgan fingerprint density at radius 1 is 1.29 bits per heavy atom. The number of ether oxygens (including phenoxy) is 2. The number of rotatable bonds is 5. The summed E-state index contributed by atoms with van der Waals surface area (Å²) in [6.07, 6.45) is 6.34. The molecule has 1 heterocycles. The molecule has 0 amide bonds. The zero-order chi connectivity index (χ0) is 14.7. The van der Waals surface area contributed by atoms with Gasteiger partial charge in [-0.25, -0.2) is 0 Å². The second-order valence-electron chi connectivity index (χ2n) is 6.16. The lowest BCUT2D eigenvalue weighted by molar-refractivity contribution is 0.200. The van der Waals surface area contributed by atoms with Crippen molar-refractivity contribution in [2.45, 2.75) is 43.6 Å². The second kappa shape index (κ2) is 6.49. The molecule has 21 heavy (non-hydrogen) atoms. The summed E-state index contributed by atoms with van der Waals surface area (Å²) < 4.78 is 11.7. The average Bonchev–Trinajstić information content (AvgIpc) is 2.48. The highest BCUT2D eigenvalue weighted by Gasteiger charge is 2.37. The Morgan fingerprint density at radius 2 is 2.14 bits per heavy atom. The molecule has 116 valence electrons. The van der Waals surface area contributed by atoms with Crippen molar-refractivity contribution in [1.29, 1.82) is 0 Å². The first-order chi connectivity index (χ1) is 10.3. The maximum atomic E-state index is 6.24. The summed E-state index contributed by atoms with van der Waals surface area (Å²) in [6, 6.07) is 6.37. The predicted molar refractivity (Wildman–Crippen MR) is 88.6 cm³/mol. The van der Waals surface area contributed by atoms with E-state index >= 15 is 0 Å². The SMILES string of the molecule is COc1ccc(C2(CN)CCC2)cc1OC1CCCSC1. The molecule has 0 spiro atoms. The van der Waals surface area contributed by atoms with Crippen molar-refractivity contribution in [3.8, 4) is 11.5 Å². The maximum Gasteiger partial charge on any atom is 0.161 e. The largest absolute Gasteiger partial charge is 0.493 e. The molecule has 4 heteroatoms. The molecule has 2 aliphatic rings. The van der Waals surface area contributed by atoms with Crippen molar-refractivity contribution < 1.29 is 9.47 Å². The fraction of sp³-hybridized carbons (Fsp3) is 0.647. The van der Waals surface area contributed by atoms with Crippen molar-refractivity contribution >= 4 is 11.8 Å². The van der Waals surface area contributed by atoms with E-state index in [-0.39, 0.29) is 5.41 Å². The molecular weight excluding hydrogens is 282 g/mol. The smallest absolute Gasteiger partial charge is 0.161 e. The summed E-state index contributed by atoms with van der Waals surface area (Å²) in [5.41, 5.74) is 7.52. The Bertz CT molecular complexity index is 476. The quantitative estimate of drug-likeness (QED) is 0.906. The first kappa shape index (κ1) is 15.0. The van der Waals surface area contributed by atoms with Crippen LogP contribution in [0.15, 0.2) is 18.2 Å². The lowest BCUT2D eigenvalue weighted by Crippen LogP contribution is -2.41. The molecule has 1 saturated carbocycles. The van der Waals surface area contributed by atoms with Gasteiger partial charge in [0, 0.05) is 17.7 Å². The van der Waals surface area contributed by atoms with Crippen molar-refractivity contribution in [1.82, 2.24) is 0 Å². The van der Waals surface area contributed by atoms with Gasteiger partial charge in [0.25, 0.3) is 0 Å². The minimum Gasteiger partial charge on any atom is -0.493 e. The summed E-state index contributed by atoms with van der Waals surface area (Å²) in [7, 11) is 1.71. The minimum absolute atomic E-state index is 0.172. The van der Waals surface area contributed by atoms with Crippen LogP contribution in [0.4, 0.5) is 0 Å². The second-order valence-corrected chi connectivity index (χ2v) is 7.31. The zero-order valence-corrected chi connectivity index (χ0v) is 13.6. The van der Waals surface area contributed by atoms with Crippen LogP contribution in [0, 0.1) is 0 Å². The van der Waals surface area contributed by atoms with Gasteiger partial charge in [0.1, 0.15) is 6.10 Å². The van der Waals surface area contributed by atoms with Crippen LogP contribution >= 0.6 is 11.8 Å². The van der Waals surface area contributed by atoms with Gasteiger partial charge in [0.15, 0.2) is 11.5 Å². The maximum absolute atomic E-state index is 6.24. The van der Waals surface area contributed by atoms with Crippen molar-refractivity contribution in [3.63, 3.8) is 0 Å². The standard InChI is InChI=1S/C17H25NO2S/c1-19-15-6-5-13(17(12-18)7-3-8-17)10-16(15)20-14-4-2-9-21-11-14/h5-6,10,14H,2-4,7-9,11-12,18H2,1H3. The highest BCUT2D eigenvalue weighted by Crippen LogP contribution is 2.45. The van der Waals surface area contributed by atoms with Crippen LogP contribution in [0.25, 0.3) is 0 Å². The van der Waals surface area contributed by atoms with Gasteiger partial charge in [-0.05, 0) is 49.1 Å². The lowest BCUT2D eigenvalue weighted by Gasteiger charge is -2.41. The van der Waals surface area contributed by atoms with E-state index in [9.17, 15) is 0 Å². The number of thioether (sulfide) groups is 1. The fourth-order valence-electron chi connectivity index (χ4n) is 3.30. The van der Waals surface area contributed by atoms with Crippen LogP contribution < -0.4 is 15.2 Å². The topological polar surface area (TPSA) is 44.5 Å². The van der Waals surface area contributed by atoms with E-state index in [4.69, 9.17) is 15.2 Å². The summed E-state index contributed by atoms with van der Waals surface area (Å²) in [5, 5.41) is 0. The third-order valence-corrected chi connectivity index (χ3v) is 6.07. The highest BCUT2D eigenvalue weighted by molar-refractivity contribution is 7.99. The van der Waals surface area contributed by atoms with Gasteiger partial charge in [0.2, 0.25) is 0 Å². The molecular formula is C17H25NO2S. The number of nitrogens with two attached hydrogens (primary N) is 1. The van der Waals surface area contributed by atoms with E-state index in [0.29, 0.717) is 6.10 Å². The summed E-state index contributed by atoms with van der Waals surface area (Å²) in [4.78, 5) is 0. The molecule has 1 unspecified atom stereocenters. The molecule has 1 aromatic rings. The molecule has 2 N–H and O–H groups in total.